The number of rotatable bonds is 3. The Kier molecular flexibility index (Phi) is 4.02. The molecule has 2 aromatic carbocycles. The average molecular weight is 319 g/mol. The highest BCUT2D eigenvalue weighted by Gasteiger charge is 2.27. The predicted octanol–water partition coefficient (Wildman–Crippen LogP) is 5.41. The lowest BCUT2D eigenvalue weighted by molar-refractivity contribution is 0.445. The third-order valence-electron chi connectivity index (χ3n) is 4.89. The topological polar surface area (TPSA) is 12.0 Å². The Bertz CT molecular complexity index is 791. The van der Waals surface area contributed by atoms with Crippen molar-refractivity contribution in [2.24, 2.45) is 0 Å². The number of thiophene rings is 1. The standard InChI is InChI=1S/C21H21NS/c1-15(21-18-9-3-2-7-16(18)12-13-22-21)17-8-4-5-10-19(17)20-11-6-14-23-20/h2-11,14-15,21-22H,12-13H2,1H3. The summed E-state index contributed by atoms with van der Waals surface area (Å²) in [5.74, 6) is 0.440. The van der Waals surface area contributed by atoms with E-state index in [-0.39, 0.29) is 0 Å². The Hall–Kier alpha value is -1.90. The van der Waals surface area contributed by atoms with E-state index in [9.17, 15) is 0 Å². The first-order valence-electron chi connectivity index (χ1n) is 8.28. The van der Waals surface area contributed by atoms with Crippen LogP contribution in [0.25, 0.3) is 10.4 Å². The highest BCUT2D eigenvalue weighted by atomic mass is 32.1. The fraction of sp³-hybridized carbons (Fsp3) is 0.238. The largest absolute Gasteiger partial charge is 0.309 e. The summed E-state index contributed by atoms with van der Waals surface area (Å²) in [4.78, 5) is 1.36. The van der Waals surface area contributed by atoms with Crippen molar-refractivity contribution in [2.75, 3.05) is 6.54 Å². The van der Waals surface area contributed by atoms with Gasteiger partial charge in [-0.25, -0.2) is 0 Å². The summed E-state index contributed by atoms with van der Waals surface area (Å²) in [5, 5.41) is 5.91. The van der Waals surface area contributed by atoms with Gasteiger partial charge < -0.3 is 5.32 Å². The summed E-state index contributed by atoms with van der Waals surface area (Å²) >= 11 is 1.82. The van der Waals surface area contributed by atoms with Crippen molar-refractivity contribution in [1.82, 2.24) is 5.32 Å². The lowest BCUT2D eigenvalue weighted by Crippen LogP contribution is -2.33. The summed E-state index contributed by atoms with van der Waals surface area (Å²) in [6.07, 6.45) is 1.13. The maximum atomic E-state index is 3.75. The smallest absolute Gasteiger partial charge is 0.0389 e. The summed E-state index contributed by atoms with van der Waals surface area (Å²) < 4.78 is 0. The quantitative estimate of drug-likeness (QED) is 0.681. The van der Waals surface area contributed by atoms with Gasteiger partial charge in [0.1, 0.15) is 0 Å². The van der Waals surface area contributed by atoms with Crippen LogP contribution in [0.2, 0.25) is 0 Å². The van der Waals surface area contributed by atoms with Crippen molar-refractivity contribution in [1.29, 1.82) is 0 Å². The van der Waals surface area contributed by atoms with Crippen molar-refractivity contribution in [2.45, 2.75) is 25.3 Å². The molecule has 1 N–H and O–H groups in total. The molecule has 0 spiro atoms. The molecule has 116 valence electrons. The molecule has 2 heteroatoms. The van der Waals surface area contributed by atoms with Gasteiger partial charge >= 0.3 is 0 Å². The number of fused-ring (bicyclic) bond motifs is 1. The first kappa shape index (κ1) is 14.7. The SMILES string of the molecule is CC(c1ccccc1-c1cccs1)C1NCCc2ccccc21. The van der Waals surface area contributed by atoms with E-state index in [1.807, 2.05) is 11.3 Å². The van der Waals surface area contributed by atoms with E-state index in [0.717, 1.165) is 13.0 Å². The van der Waals surface area contributed by atoms with Crippen LogP contribution in [0.3, 0.4) is 0 Å². The molecule has 0 saturated carbocycles. The highest BCUT2D eigenvalue weighted by Crippen LogP contribution is 2.39. The van der Waals surface area contributed by atoms with E-state index in [2.05, 4.69) is 78.3 Å². The van der Waals surface area contributed by atoms with Gasteiger partial charge in [-0.3, -0.25) is 0 Å². The number of benzene rings is 2. The van der Waals surface area contributed by atoms with E-state index >= 15 is 0 Å². The zero-order chi connectivity index (χ0) is 15.6. The van der Waals surface area contributed by atoms with Crippen LogP contribution >= 0.6 is 11.3 Å². The fourth-order valence-electron chi connectivity index (χ4n) is 3.71. The van der Waals surface area contributed by atoms with Gasteiger partial charge in [-0.15, -0.1) is 11.3 Å². The zero-order valence-electron chi connectivity index (χ0n) is 13.3. The van der Waals surface area contributed by atoms with E-state index in [4.69, 9.17) is 0 Å². The summed E-state index contributed by atoms with van der Waals surface area (Å²) in [7, 11) is 0. The molecule has 4 rings (SSSR count). The van der Waals surface area contributed by atoms with E-state index in [1.54, 1.807) is 0 Å². The van der Waals surface area contributed by atoms with E-state index in [1.165, 1.54) is 27.1 Å². The van der Waals surface area contributed by atoms with Gasteiger partial charge in [0, 0.05) is 16.8 Å². The molecule has 3 aromatic rings. The maximum Gasteiger partial charge on any atom is 0.0389 e. The van der Waals surface area contributed by atoms with Crippen LogP contribution in [0.5, 0.6) is 0 Å². The second-order valence-electron chi connectivity index (χ2n) is 6.23. The van der Waals surface area contributed by atoms with Gasteiger partial charge in [-0.05, 0) is 46.7 Å². The van der Waals surface area contributed by atoms with Crippen LogP contribution in [0, 0.1) is 0 Å². The minimum atomic E-state index is 0.390. The molecule has 0 fully saturated rings. The number of hydrogen-bond acceptors (Lipinski definition) is 2. The molecule has 0 amide bonds. The average Bonchev–Trinajstić information content (AvgIpc) is 3.15. The second-order valence-corrected chi connectivity index (χ2v) is 7.18. The Balaban J connectivity index is 1.75. The molecule has 0 bridgehead atoms. The Morgan fingerprint density at radius 1 is 1.00 bits per heavy atom. The molecule has 23 heavy (non-hydrogen) atoms. The summed E-state index contributed by atoms with van der Waals surface area (Å²) in [6, 6.07) is 22.5. The minimum absolute atomic E-state index is 0.390. The lowest BCUT2D eigenvalue weighted by Gasteiger charge is -2.32. The van der Waals surface area contributed by atoms with Crippen molar-refractivity contribution in [3.63, 3.8) is 0 Å². The van der Waals surface area contributed by atoms with Crippen molar-refractivity contribution >= 4 is 11.3 Å². The lowest BCUT2D eigenvalue weighted by atomic mass is 9.82. The maximum absolute atomic E-state index is 3.75. The van der Waals surface area contributed by atoms with Gasteiger partial charge in [0.2, 0.25) is 0 Å². The predicted molar refractivity (Wildman–Crippen MR) is 99.1 cm³/mol. The van der Waals surface area contributed by atoms with Crippen molar-refractivity contribution in [3.8, 4) is 10.4 Å². The Morgan fingerprint density at radius 2 is 1.83 bits per heavy atom. The van der Waals surface area contributed by atoms with Crippen molar-refractivity contribution in [3.05, 3.63) is 82.7 Å². The normalized spacial score (nSPS) is 18.4. The van der Waals surface area contributed by atoms with Gasteiger partial charge in [-0.2, -0.15) is 0 Å². The summed E-state index contributed by atoms with van der Waals surface area (Å²) in [6.45, 7) is 3.42. The van der Waals surface area contributed by atoms with Gasteiger partial charge in [-0.1, -0.05) is 61.5 Å². The molecule has 1 nitrogen and oxygen atoms in total. The molecule has 2 unspecified atom stereocenters. The van der Waals surface area contributed by atoms with Gasteiger partial charge in [0.15, 0.2) is 0 Å². The second kappa shape index (κ2) is 6.31. The number of nitrogens with one attached hydrogen (secondary N) is 1. The molecule has 1 aliphatic rings. The number of hydrogen-bond donors (Lipinski definition) is 1. The van der Waals surface area contributed by atoms with Crippen LogP contribution in [0.1, 0.15) is 35.6 Å². The van der Waals surface area contributed by atoms with Crippen LogP contribution in [0.15, 0.2) is 66.0 Å². The fourth-order valence-corrected chi connectivity index (χ4v) is 4.49. The Morgan fingerprint density at radius 3 is 2.70 bits per heavy atom. The molecule has 1 aromatic heterocycles. The molecular weight excluding hydrogens is 298 g/mol. The van der Waals surface area contributed by atoms with Crippen LogP contribution in [0.4, 0.5) is 0 Å². The van der Waals surface area contributed by atoms with E-state index < -0.39 is 0 Å². The first-order chi connectivity index (χ1) is 11.3. The van der Waals surface area contributed by atoms with Crippen LogP contribution in [-0.4, -0.2) is 6.54 Å². The van der Waals surface area contributed by atoms with Gasteiger partial charge in [0.05, 0.1) is 0 Å². The molecule has 0 radical (unpaired) electrons. The molecule has 1 aliphatic heterocycles. The molecule has 2 atom stereocenters. The minimum Gasteiger partial charge on any atom is -0.309 e. The van der Waals surface area contributed by atoms with E-state index in [0.29, 0.717) is 12.0 Å². The third kappa shape index (κ3) is 2.73. The zero-order valence-corrected chi connectivity index (χ0v) is 14.1. The summed E-state index contributed by atoms with van der Waals surface area (Å²) in [5.41, 5.74) is 5.77. The van der Waals surface area contributed by atoms with Gasteiger partial charge in [0.25, 0.3) is 0 Å². The first-order valence-corrected chi connectivity index (χ1v) is 9.16. The molecule has 0 saturated heterocycles. The van der Waals surface area contributed by atoms with Crippen LogP contribution in [-0.2, 0) is 6.42 Å². The highest BCUT2D eigenvalue weighted by molar-refractivity contribution is 7.13. The Labute approximate surface area is 142 Å². The molecular formula is C21H21NS. The molecule has 0 aliphatic carbocycles. The van der Waals surface area contributed by atoms with Crippen LogP contribution < -0.4 is 5.32 Å². The monoisotopic (exact) mass is 319 g/mol. The van der Waals surface area contributed by atoms with Crippen molar-refractivity contribution < 1.29 is 0 Å². The third-order valence-corrected chi connectivity index (χ3v) is 5.79. The molecule has 2 heterocycles.